The van der Waals surface area contributed by atoms with Crippen LogP contribution in [0.15, 0.2) is 107 Å². The standard InChI is InChI=1S/C25H20N2/c1-17-14-21(16-27-17)23-6-3-4-7-24-22(8-5-9-25(23)24)18(2)20-12-10-19(15-26)11-13-20/h3-14,16-17,25H,2H2,1H3. The second-order valence-electron chi connectivity index (χ2n) is 6.88. The Balaban J connectivity index is 1.69. The first-order valence-electron chi connectivity index (χ1n) is 9.10. The van der Waals surface area contributed by atoms with Gasteiger partial charge < -0.3 is 0 Å². The number of aliphatic imine (C=N–C) groups is 1. The molecule has 2 heteroatoms. The molecule has 27 heavy (non-hydrogen) atoms. The lowest BCUT2D eigenvalue weighted by atomic mass is 9.77. The molecule has 0 amide bonds. The van der Waals surface area contributed by atoms with E-state index in [2.05, 4.69) is 73.2 Å². The Morgan fingerprint density at radius 1 is 1.04 bits per heavy atom. The predicted molar refractivity (Wildman–Crippen MR) is 112 cm³/mol. The van der Waals surface area contributed by atoms with E-state index < -0.39 is 0 Å². The Kier molecular flexibility index (Phi) is 4.44. The molecule has 2 unspecified atom stereocenters. The van der Waals surface area contributed by atoms with E-state index in [9.17, 15) is 0 Å². The molecule has 0 bridgehead atoms. The van der Waals surface area contributed by atoms with E-state index in [1.54, 1.807) is 0 Å². The van der Waals surface area contributed by atoms with Crippen molar-refractivity contribution in [1.29, 1.82) is 5.26 Å². The highest BCUT2D eigenvalue weighted by molar-refractivity contribution is 5.90. The lowest BCUT2D eigenvalue weighted by Crippen LogP contribution is -2.12. The van der Waals surface area contributed by atoms with Crippen molar-refractivity contribution in [1.82, 2.24) is 0 Å². The quantitative estimate of drug-likeness (QED) is 0.710. The fraction of sp³-hybridized carbons (Fsp3) is 0.120. The van der Waals surface area contributed by atoms with Crippen LogP contribution < -0.4 is 0 Å². The van der Waals surface area contributed by atoms with Crippen LogP contribution in [-0.2, 0) is 0 Å². The van der Waals surface area contributed by atoms with Crippen molar-refractivity contribution >= 4 is 11.8 Å². The molecule has 0 saturated heterocycles. The monoisotopic (exact) mass is 348 g/mol. The Morgan fingerprint density at radius 3 is 2.44 bits per heavy atom. The van der Waals surface area contributed by atoms with Gasteiger partial charge in [-0.25, -0.2) is 0 Å². The molecule has 2 atom stereocenters. The van der Waals surface area contributed by atoms with Gasteiger partial charge in [-0.05, 0) is 52.5 Å². The molecule has 3 aliphatic rings. The van der Waals surface area contributed by atoms with E-state index in [-0.39, 0.29) is 12.0 Å². The van der Waals surface area contributed by atoms with Gasteiger partial charge in [-0.2, -0.15) is 5.26 Å². The van der Waals surface area contributed by atoms with Crippen LogP contribution in [0.25, 0.3) is 5.57 Å². The van der Waals surface area contributed by atoms with Crippen LogP contribution in [0.1, 0.15) is 18.1 Å². The summed E-state index contributed by atoms with van der Waals surface area (Å²) in [6.07, 6.45) is 19.2. The summed E-state index contributed by atoms with van der Waals surface area (Å²) >= 11 is 0. The number of hydrogen-bond acceptors (Lipinski definition) is 2. The molecule has 1 aliphatic heterocycles. The normalized spacial score (nSPS) is 22.8. The van der Waals surface area contributed by atoms with Crippen LogP contribution in [0.2, 0.25) is 0 Å². The molecule has 0 radical (unpaired) electrons. The fourth-order valence-electron chi connectivity index (χ4n) is 3.68. The molecule has 0 N–H and O–H groups in total. The van der Waals surface area contributed by atoms with Crippen molar-refractivity contribution in [2.24, 2.45) is 10.9 Å². The molecule has 0 aromatic heterocycles. The van der Waals surface area contributed by atoms with Gasteiger partial charge in [-0.3, -0.25) is 4.99 Å². The molecule has 0 spiro atoms. The maximum Gasteiger partial charge on any atom is 0.0991 e. The smallest absolute Gasteiger partial charge is 0.0991 e. The average Bonchev–Trinajstić information content (AvgIpc) is 3.01. The minimum atomic E-state index is 0.179. The van der Waals surface area contributed by atoms with Crippen LogP contribution >= 0.6 is 0 Å². The van der Waals surface area contributed by atoms with Crippen molar-refractivity contribution in [2.75, 3.05) is 0 Å². The SMILES string of the molecule is C=C(C1=CC=CC2C(C3=CC(C)N=C3)=CC=CC=C12)c1ccc(C#N)cc1. The first kappa shape index (κ1) is 17.0. The fourth-order valence-corrected chi connectivity index (χ4v) is 3.68. The first-order valence-corrected chi connectivity index (χ1v) is 9.10. The number of allylic oxidation sites excluding steroid dienone is 12. The van der Waals surface area contributed by atoms with Gasteiger partial charge in [0.05, 0.1) is 17.7 Å². The second kappa shape index (κ2) is 7.05. The summed E-state index contributed by atoms with van der Waals surface area (Å²) in [7, 11) is 0. The zero-order valence-electron chi connectivity index (χ0n) is 15.3. The van der Waals surface area contributed by atoms with E-state index >= 15 is 0 Å². The number of benzene rings is 1. The number of hydrogen-bond donors (Lipinski definition) is 0. The Hall–Kier alpha value is -3.44. The van der Waals surface area contributed by atoms with E-state index in [0.717, 1.165) is 16.7 Å². The molecule has 1 aromatic rings. The van der Waals surface area contributed by atoms with Crippen LogP contribution in [0.3, 0.4) is 0 Å². The topological polar surface area (TPSA) is 36.1 Å². The van der Waals surface area contributed by atoms with Crippen LogP contribution in [0.5, 0.6) is 0 Å². The number of rotatable bonds is 3. The molecule has 1 heterocycles. The van der Waals surface area contributed by atoms with E-state index in [0.29, 0.717) is 5.56 Å². The molecule has 0 saturated carbocycles. The van der Waals surface area contributed by atoms with Crippen molar-refractivity contribution in [3.63, 3.8) is 0 Å². The largest absolute Gasteiger partial charge is 0.285 e. The van der Waals surface area contributed by atoms with E-state index in [1.165, 1.54) is 16.7 Å². The number of nitrogens with zero attached hydrogens (tertiary/aromatic N) is 2. The lowest BCUT2D eigenvalue weighted by molar-refractivity contribution is 0.917. The van der Waals surface area contributed by atoms with E-state index in [4.69, 9.17) is 5.26 Å². The van der Waals surface area contributed by atoms with Gasteiger partial charge in [0.2, 0.25) is 0 Å². The maximum absolute atomic E-state index is 9.02. The van der Waals surface area contributed by atoms with E-state index in [1.807, 2.05) is 30.5 Å². The molecule has 1 aromatic carbocycles. The minimum absolute atomic E-state index is 0.179. The molecule has 130 valence electrons. The average molecular weight is 348 g/mol. The lowest BCUT2D eigenvalue weighted by Gasteiger charge is -2.26. The third kappa shape index (κ3) is 3.20. The molecule has 0 fully saturated rings. The summed E-state index contributed by atoms with van der Waals surface area (Å²) < 4.78 is 0. The maximum atomic E-state index is 9.02. The molecular formula is C25H20N2. The third-order valence-electron chi connectivity index (χ3n) is 5.10. The summed E-state index contributed by atoms with van der Waals surface area (Å²) in [5.74, 6) is 0.179. The Bertz CT molecular complexity index is 1040. The van der Waals surface area contributed by atoms with Crippen LogP contribution in [0, 0.1) is 17.2 Å². The van der Waals surface area contributed by atoms with Gasteiger partial charge in [0.1, 0.15) is 0 Å². The summed E-state index contributed by atoms with van der Waals surface area (Å²) in [6.45, 7) is 6.45. The summed E-state index contributed by atoms with van der Waals surface area (Å²) in [5, 5.41) is 9.02. The Morgan fingerprint density at radius 2 is 1.78 bits per heavy atom. The highest BCUT2D eigenvalue weighted by atomic mass is 14.8. The predicted octanol–water partition coefficient (Wildman–Crippen LogP) is 5.51. The van der Waals surface area contributed by atoms with Gasteiger partial charge in [0, 0.05) is 12.1 Å². The molecular weight excluding hydrogens is 328 g/mol. The molecule has 4 rings (SSSR count). The molecule has 2 nitrogen and oxygen atoms in total. The first-order chi connectivity index (χ1) is 13.2. The van der Waals surface area contributed by atoms with Crippen molar-refractivity contribution in [3.8, 4) is 6.07 Å². The highest BCUT2D eigenvalue weighted by Crippen LogP contribution is 2.41. The summed E-state index contributed by atoms with van der Waals surface area (Å²) in [4.78, 5) is 4.49. The van der Waals surface area contributed by atoms with Gasteiger partial charge >= 0.3 is 0 Å². The van der Waals surface area contributed by atoms with Gasteiger partial charge in [-0.1, -0.05) is 67.3 Å². The van der Waals surface area contributed by atoms with Crippen LogP contribution in [-0.4, -0.2) is 12.3 Å². The molecule has 2 aliphatic carbocycles. The van der Waals surface area contributed by atoms with Gasteiger partial charge in [0.15, 0.2) is 0 Å². The Labute approximate surface area is 160 Å². The van der Waals surface area contributed by atoms with Crippen molar-refractivity contribution in [2.45, 2.75) is 13.0 Å². The second-order valence-corrected chi connectivity index (χ2v) is 6.88. The summed E-state index contributed by atoms with van der Waals surface area (Å²) in [5.41, 5.74) is 7.48. The minimum Gasteiger partial charge on any atom is -0.285 e. The summed E-state index contributed by atoms with van der Waals surface area (Å²) in [6, 6.07) is 10.0. The third-order valence-corrected chi connectivity index (χ3v) is 5.10. The van der Waals surface area contributed by atoms with Gasteiger partial charge in [0.25, 0.3) is 0 Å². The highest BCUT2D eigenvalue weighted by Gasteiger charge is 2.26. The zero-order chi connectivity index (χ0) is 18.8. The van der Waals surface area contributed by atoms with Crippen molar-refractivity contribution in [3.05, 3.63) is 113 Å². The zero-order valence-corrected chi connectivity index (χ0v) is 15.3. The van der Waals surface area contributed by atoms with Crippen LogP contribution in [0.4, 0.5) is 0 Å². The van der Waals surface area contributed by atoms with Crippen molar-refractivity contribution < 1.29 is 0 Å². The van der Waals surface area contributed by atoms with Gasteiger partial charge in [-0.15, -0.1) is 0 Å². The number of nitriles is 1. The number of fused-ring (bicyclic) bond motifs is 1.